The summed E-state index contributed by atoms with van der Waals surface area (Å²) < 4.78 is 43.7. The van der Waals surface area contributed by atoms with Gasteiger partial charge in [0.1, 0.15) is 5.76 Å². The Labute approximate surface area is 131 Å². The topological polar surface area (TPSA) is 49.5 Å². The number of likely N-dealkylation sites (tertiary alicyclic amines) is 1. The zero-order valence-corrected chi connectivity index (χ0v) is 12.5. The SMILES string of the molecule is Cc1cc(CN2C[C@H](O)C[C@@H]2c2cccc(C(F)(F)F)c2)no1. The lowest BCUT2D eigenvalue weighted by Crippen LogP contribution is -2.24. The molecule has 7 heteroatoms. The van der Waals surface area contributed by atoms with Crippen LogP contribution < -0.4 is 0 Å². The number of β-amino-alcohol motifs (C(OH)–C–C–N with tert-alkyl or cyclic N) is 1. The van der Waals surface area contributed by atoms with Crippen molar-refractivity contribution in [3.63, 3.8) is 0 Å². The largest absolute Gasteiger partial charge is 0.416 e. The second-order valence-electron chi connectivity index (χ2n) is 5.89. The van der Waals surface area contributed by atoms with E-state index >= 15 is 0 Å². The zero-order chi connectivity index (χ0) is 16.6. The molecule has 2 heterocycles. The molecule has 23 heavy (non-hydrogen) atoms. The minimum absolute atomic E-state index is 0.274. The van der Waals surface area contributed by atoms with E-state index in [9.17, 15) is 18.3 Å². The van der Waals surface area contributed by atoms with Crippen LogP contribution in [0.2, 0.25) is 0 Å². The van der Waals surface area contributed by atoms with Crippen LogP contribution in [0.15, 0.2) is 34.9 Å². The van der Waals surface area contributed by atoms with Crippen molar-refractivity contribution in [3.8, 4) is 0 Å². The Kier molecular flexibility index (Phi) is 4.16. The monoisotopic (exact) mass is 326 g/mol. The first-order chi connectivity index (χ1) is 10.8. The van der Waals surface area contributed by atoms with E-state index in [0.717, 1.165) is 12.1 Å². The fourth-order valence-electron chi connectivity index (χ4n) is 3.02. The molecule has 0 unspecified atom stereocenters. The lowest BCUT2D eigenvalue weighted by molar-refractivity contribution is -0.137. The Hall–Kier alpha value is -1.86. The Bertz CT molecular complexity index is 684. The zero-order valence-electron chi connectivity index (χ0n) is 12.5. The van der Waals surface area contributed by atoms with Gasteiger partial charge in [-0.2, -0.15) is 13.2 Å². The maximum absolute atomic E-state index is 12.9. The molecule has 2 atom stereocenters. The molecule has 1 saturated heterocycles. The summed E-state index contributed by atoms with van der Waals surface area (Å²) >= 11 is 0. The second-order valence-corrected chi connectivity index (χ2v) is 5.89. The van der Waals surface area contributed by atoms with Crippen LogP contribution in [-0.2, 0) is 12.7 Å². The van der Waals surface area contributed by atoms with Crippen LogP contribution in [0, 0.1) is 6.92 Å². The fourth-order valence-corrected chi connectivity index (χ4v) is 3.02. The summed E-state index contributed by atoms with van der Waals surface area (Å²) in [7, 11) is 0. The van der Waals surface area contributed by atoms with Gasteiger partial charge in [0.15, 0.2) is 0 Å². The van der Waals surface area contributed by atoms with E-state index in [4.69, 9.17) is 4.52 Å². The molecule has 1 aliphatic heterocycles. The number of aliphatic hydroxyl groups is 1. The van der Waals surface area contributed by atoms with E-state index in [2.05, 4.69) is 5.16 Å². The molecular formula is C16H17F3N2O2. The first kappa shape index (κ1) is 16.0. The van der Waals surface area contributed by atoms with Gasteiger partial charge < -0.3 is 9.63 Å². The van der Waals surface area contributed by atoms with Crippen molar-refractivity contribution in [2.45, 2.75) is 38.2 Å². The number of alkyl halides is 3. The molecular weight excluding hydrogens is 309 g/mol. The molecule has 1 aromatic carbocycles. The first-order valence-corrected chi connectivity index (χ1v) is 7.34. The van der Waals surface area contributed by atoms with Crippen LogP contribution in [-0.4, -0.2) is 27.8 Å². The van der Waals surface area contributed by atoms with E-state index in [1.165, 1.54) is 6.07 Å². The third-order valence-corrected chi connectivity index (χ3v) is 4.02. The van der Waals surface area contributed by atoms with Gasteiger partial charge in [0.05, 0.1) is 17.4 Å². The predicted molar refractivity (Wildman–Crippen MR) is 76.5 cm³/mol. The van der Waals surface area contributed by atoms with E-state index in [1.807, 2.05) is 4.90 Å². The lowest BCUT2D eigenvalue weighted by Gasteiger charge is -2.24. The summed E-state index contributed by atoms with van der Waals surface area (Å²) in [5, 5.41) is 13.8. The Morgan fingerprint density at radius 1 is 1.35 bits per heavy atom. The van der Waals surface area contributed by atoms with Crippen LogP contribution in [0.1, 0.15) is 35.0 Å². The van der Waals surface area contributed by atoms with Crippen LogP contribution in [0.3, 0.4) is 0 Å². The molecule has 1 aliphatic rings. The van der Waals surface area contributed by atoms with Crippen LogP contribution in [0.4, 0.5) is 13.2 Å². The van der Waals surface area contributed by atoms with Crippen molar-refractivity contribution < 1.29 is 22.8 Å². The second kappa shape index (κ2) is 5.98. The minimum Gasteiger partial charge on any atom is -0.392 e. The number of hydrogen-bond donors (Lipinski definition) is 1. The Balaban J connectivity index is 1.84. The van der Waals surface area contributed by atoms with Gasteiger partial charge in [0, 0.05) is 25.2 Å². The third-order valence-electron chi connectivity index (χ3n) is 4.02. The number of aliphatic hydroxyl groups excluding tert-OH is 1. The van der Waals surface area contributed by atoms with Gasteiger partial charge in [-0.3, -0.25) is 4.90 Å². The van der Waals surface area contributed by atoms with Crippen molar-refractivity contribution >= 4 is 0 Å². The standard InChI is InChI=1S/C16H17F3N2O2/c1-10-5-13(20-23-10)8-21-9-14(22)7-15(21)11-3-2-4-12(6-11)16(17,18)19/h2-6,14-15,22H,7-9H2,1H3/t14-,15-/m1/s1. The number of halogens is 3. The molecule has 0 amide bonds. The molecule has 4 nitrogen and oxygen atoms in total. The van der Waals surface area contributed by atoms with Gasteiger partial charge in [-0.05, 0) is 31.0 Å². The summed E-state index contributed by atoms with van der Waals surface area (Å²) in [4.78, 5) is 1.93. The maximum atomic E-state index is 12.9. The number of aryl methyl sites for hydroxylation is 1. The highest BCUT2D eigenvalue weighted by molar-refractivity contribution is 5.29. The molecule has 1 N–H and O–H groups in total. The van der Waals surface area contributed by atoms with Gasteiger partial charge in [-0.25, -0.2) is 0 Å². The lowest BCUT2D eigenvalue weighted by atomic mass is 10.0. The predicted octanol–water partition coefficient (Wildman–Crippen LogP) is 3.31. The number of rotatable bonds is 3. The molecule has 0 bridgehead atoms. The van der Waals surface area contributed by atoms with Crippen LogP contribution >= 0.6 is 0 Å². The van der Waals surface area contributed by atoms with Gasteiger partial charge in [-0.15, -0.1) is 0 Å². The highest BCUT2D eigenvalue weighted by atomic mass is 19.4. The average molecular weight is 326 g/mol. The molecule has 0 spiro atoms. The Morgan fingerprint density at radius 2 is 2.13 bits per heavy atom. The average Bonchev–Trinajstić information content (AvgIpc) is 3.04. The molecule has 1 fully saturated rings. The molecule has 124 valence electrons. The summed E-state index contributed by atoms with van der Waals surface area (Å²) in [6, 6.07) is 6.79. The molecule has 0 aliphatic carbocycles. The van der Waals surface area contributed by atoms with Crippen molar-refractivity contribution in [1.82, 2.24) is 10.1 Å². The third kappa shape index (κ3) is 3.56. The van der Waals surface area contributed by atoms with Crippen molar-refractivity contribution in [1.29, 1.82) is 0 Å². The highest BCUT2D eigenvalue weighted by Gasteiger charge is 2.35. The molecule has 3 rings (SSSR count). The van der Waals surface area contributed by atoms with Crippen molar-refractivity contribution in [3.05, 3.63) is 52.9 Å². The van der Waals surface area contributed by atoms with E-state index in [1.54, 1.807) is 19.1 Å². The number of nitrogens with zero attached hydrogens (tertiary/aromatic N) is 2. The van der Waals surface area contributed by atoms with Crippen molar-refractivity contribution in [2.24, 2.45) is 0 Å². The van der Waals surface area contributed by atoms with Crippen LogP contribution in [0.5, 0.6) is 0 Å². The fraction of sp³-hybridized carbons (Fsp3) is 0.438. The number of aromatic nitrogens is 1. The summed E-state index contributed by atoms with van der Waals surface area (Å²) in [6.45, 7) is 2.60. The van der Waals surface area contributed by atoms with Gasteiger partial charge in [-0.1, -0.05) is 17.3 Å². The number of hydrogen-bond acceptors (Lipinski definition) is 4. The minimum atomic E-state index is -4.37. The molecule has 0 saturated carbocycles. The summed E-state index contributed by atoms with van der Waals surface area (Å²) in [6.07, 6.45) is -4.54. The highest BCUT2D eigenvalue weighted by Crippen LogP contribution is 2.36. The smallest absolute Gasteiger partial charge is 0.392 e. The van der Waals surface area contributed by atoms with Gasteiger partial charge in [0.2, 0.25) is 0 Å². The van der Waals surface area contributed by atoms with Crippen molar-refractivity contribution in [2.75, 3.05) is 6.54 Å². The van der Waals surface area contributed by atoms with E-state index in [0.29, 0.717) is 36.5 Å². The molecule has 1 aromatic heterocycles. The quantitative estimate of drug-likeness (QED) is 0.940. The molecule has 0 radical (unpaired) electrons. The number of benzene rings is 1. The first-order valence-electron chi connectivity index (χ1n) is 7.34. The molecule has 2 aromatic rings. The normalized spacial score (nSPS) is 22.7. The Morgan fingerprint density at radius 3 is 2.78 bits per heavy atom. The van der Waals surface area contributed by atoms with E-state index < -0.39 is 17.8 Å². The van der Waals surface area contributed by atoms with Gasteiger partial charge >= 0.3 is 6.18 Å². The van der Waals surface area contributed by atoms with E-state index in [-0.39, 0.29) is 6.04 Å². The summed E-state index contributed by atoms with van der Waals surface area (Å²) in [5.41, 5.74) is 0.582. The maximum Gasteiger partial charge on any atom is 0.416 e. The van der Waals surface area contributed by atoms with Gasteiger partial charge in [0.25, 0.3) is 0 Å². The van der Waals surface area contributed by atoms with Crippen LogP contribution in [0.25, 0.3) is 0 Å². The summed E-state index contributed by atoms with van der Waals surface area (Å²) in [5.74, 6) is 0.676.